The second kappa shape index (κ2) is 13.2. The predicted octanol–water partition coefficient (Wildman–Crippen LogP) is 5.21. The van der Waals surface area contributed by atoms with Crippen LogP contribution in [-0.2, 0) is 20.9 Å². The zero-order chi connectivity index (χ0) is 30.5. The molecule has 0 amide bonds. The van der Waals surface area contributed by atoms with Crippen LogP contribution in [0.15, 0.2) is 93.9 Å². The van der Waals surface area contributed by atoms with Crippen LogP contribution in [0.3, 0.4) is 0 Å². The molecule has 0 aliphatic carbocycles. The minimum Gasteiger partial charge on any atom is -0.488 e. The van der Waals surface area contributed by atoms with Crippen molar-refractivity contribution >= 4 is 41.0 Å². The van der Waals surface area contributed by atoms with E-state index in [1.54, 1.807) is 60.0 Å². The van der Waals surface area contributed by atoms with E-state index in [0.29, 0.717) is 55.5 Å². The van der Waals surface area contributed by atoms with Gasteiger partial charge in [-0.25, -0.2) is 14.6 Å². The summed E-state index contributed by atoms with van der Waals surface area (Å²) in [5, 5.41) is 0.480. The highest BCUT2D eigenvalue weighted by molar-refractivity contribution is 7.07. The minimum absolute atomic E-state index is 0.225. The lowest BCUT2D eigenvalue weighted by atomic mass is 9.95. The van der Waals surface area contributed by atoms with E-state index in [1.165, 1.54) is 18.4 Å². The monoisotopic (exact) mass is 616 g/mol. The van der Waals surface area contributed by atoms with Gasteiger partial charge in [-0.1, -0.05) is 72.3 Å². The predicted molar refractivity (Wildman–Crippen MR) is 165 cm³/mol. The van der Waals surface area contributed by atoms with Crippen molar-refractivity contribution in [3.63, 3.8) is 0 Å². The van der Waals surface area contributed by atoms with Crippen molar-refractivity contribution < 1.29 is 23.8 Å². The highest BCUT2D eigenvalue weighted by Gasteiger charge is 2.33. The fourth-order valence-corrected chi connectivity index (χ4v) is 6.02. The highest BCUT2D eigenvalue weighted by Crippen LogP contribution is 2.32. The van der Waals surface area contributed by atoms with Crippen LogP contribution in [-0.4, -0.2) is 30.2 Å². The Morgan fingerprint density at radius 1 is 1.02 bits per heavy atom. The molecule has 5 rings (SSSR count). The van der Waals surface area contributed by atoms with Gasteiger partial charge in [-0.2, -0.15) is 0 Å². The third-order valence-corrected chi connectivity index (χ3v) is 8.10. The number of esters is 2. The number of fused-ring (bicyclic) bond motifs is 1. The number of thiazole rings is 1. The zero-order valence-corrected chi connectivity index (χ0v) is 25.4. The van der Waals surface area contributed by atoms with Crippen molar-refractivity contribution in [3.05, 3.63) is 131 Å². The van der Waals surface area contributed by atoms with Gasteiger partial charge in [-0.05, 0) is 60.9 Å². The van der Waals surface area contributed by atoms with Crippen LogP contribution >= 0.6 is 22.9 Å². The maximum absolute atomic E-state index is 14.0. The summed E-state index contributed by atoms with van der Waals surface area (Å²) in [6.07, 6.45) is 2.22. The van der Waals surface area contributed by atoms with Crippen molar-refractivity contribution in [2.45, 2.75) is 32.9 Å². The number of aromatic nitrogens is 1. The molecule has 4 aromatic rings. The molecule has 220 valence electrons. The molecule has 0 saturated carbocycles. The third kappa shape index (κ3) is 6.33. The quantitative estimate of drug-likeness (QED) is 0.240. The van der Waals surface area contributed by atoms with Gasteiger partial charge in [0, 0.05) is 10.6 Å². The zero-order valence-electron chi connectivity index (χ0n) is 23.8. The van der Waals surface area contributed by atoms with Gasteiger partial charge in [0.15, 0.2) is 4.80 Å². The lowest BCUT2D eigenvalue weighted by Gasteiger charge is -2.25. The van der Waals surface area contributed by atoms with Gasteiger partial charge < -0.3 is 14.2 Å². The maximum Gasteiger partial charge on any atom is 0.338 e. The highest BCUT2D eigenvalue weighted by atomic mass is 35.5. The Balaban J connectivity index is 1.54. The van der Waals surface area contributed by atoms with Gasteiger partial charge in [0.05, 0.1) is 41.1 Å². The van der Waals surface area contributed by atoms with Crippen molar-refractivity contribution in [2.24, 2.45) is 4.99 Å². The Morgan fingerprint density at radius 2 is 1.77 bits per heavy atom. The van der Waals surface area contributed by atoms with Gasteiger partial charge in [0.25, 0.3) is 5.56 Å². The molecule has 8 nitrogen and oxygen atoms in total. The molecule has 1 atom stereocenters. The molecule has 0 bridgehead atoms. The fourth-order valence-electron chi connectivity index (χ4n) is 4.83. The molecular formula is C33H29ClN2O6S. The number of methoxy groups -OCH3 is 1. The first-order chi connectivity index (χ1) is 20.8. The van der Waals surface area contributed by atoms with E-state index in [2.05, 4.69) is 0 Å². The smallest absolute Gasteiger partial charge is 0.338 e. The van der Waals surface area contributed by atoms with Gasteiger partial charge in [-0.3, -0.25) is 9.36 Å². The summed E-state index contributed by atoms with van der Waals surface area (Å²) in [4.78, 5) is 44.1. The second-order valence-electron chi connectivity index (χ2n) is 9.59. The largest absolute Gasteiger partial charge is 0.488 e. The van der Waals surface area contributed by atoms with E-state index in [1.807, 2.05) is 37.3 Å². The molecule has 43 heavy (non-hydrogen) atoms. The van der Waals surface area contributed by atoms with Crippen molar-refractivity contribution in [2.75, 3.05) is 13.7 Å². The lowest BCUT2D eigenvalue weighted by Crippen LogP contribution is -2.40. The molecule has 0 saturated heterocycles. The molecule has 1 aromatic heterocycles. The van der Waals surface area contributed by atoms with Crippen LogP contribution in [0.25, 0.3) is 6.08 Å². The van der Waals surface area contributed by atoms with Crippen molar-refractivity contribution in [1.29, 1.82) is 0 Å². The summed E-state index contributed by atoms with van der Waals surface area (Å²) in [6.45, 7) is 4.21. The van der Waals surface area contributed by atoms with E-state index < -0.39 is 12.0 Å². The number of nitrogens with zero attached hydrogens (tertiary/aromatic N) is 2. The van der Waals surface area contributed by atoms with Gasteiger partial charge in [0.1, 0.15) is 12.4 Å². The lowest BCUT2D eigenvalue weighted by molar-refractivity contribution is -0.136. The second-order valence-corrected chi connectivity index (χ2v) is 11.0. The van der Waals surface area contributed by atoms with Crippen molar-refractivity contribution in [1.82, 2.24) is 4.57 Å². The van der Waals surface area contributed by atoms with E-state index in [0.717, 1.165) is 11.1 Å². The molecule has 2 heterocycles. The first kappa shape index (κ1) is 30.0. The van der Waals surface area contributed by atoms with E-state index in [9.17, 15) is 14.4 Å². The number of benzene rings is 3. The number of halogens is 1. The van der Waals surface area contributed by atoms with Crippen molar-refractivity contribution in [3.8, 4) is 5.75 Å². The Hall–Kier alpha value is -4.47. The number of carbonyl (C=O) groups excluding carboxylic acids is 2. The molecule has 0 fully saturated rings. The van der Waals surface area contributed by atoms with Gasteiger partial charge >= 0.3 is 11.9 Å². The topological polar surface area (TPSA) is 96.2 Å². The van der Waals surface area contributed by atoms with E-state index >= 15 is 0 Å². The number of allylic oxidation sites excluding steroid dienone is 1. The Morgan fingerprint density at radius 3 is 2.44 bits per heavy atom. The number of ether oxygens (including phenoxy) is 3. The van der Waals surface area contributed by atoms with Crippen LogP contribution in [0.5, 0.6) is 5.75 Å². The number of carbonyl (C=O) groups is 2. The molecule has 10 heteroatoms. The van der Waals surface area contributed by atoms with Crippen LogP contribution < -0.4 is 19.6 Å². The summed E-state index contributed by atoms with van der Waals surface area (Å²) in [7, 11) is 1.32. The number of hydrogen-bond acceptors (Lipinski definition) is 8. The summed E-state index contributed by atoms with van der Waals surface area (Å²) in [5.41, 5.74) is 3.32. The summed E-state index contributed by atoms with van der Waals surface area (Å²) in [5.74, 6) is -0.381. The molecule has 1 aliphatic heterocycles. The summed E-state index contributed by atoms with van der Waals surface area (Å²) >= 11 is 7.58. The molecule has 0 spiro atoms. The van der Waals surface area contributed by atoms with Gasteiger partial charge in [-0.15, -0.1) is 0 Å². The third-order valence-electron chi connectivity index (χ3n) is 6.88. The Bertz CT molecular complexity index is 1880. The normalized spacial score (nSPS) is 14.6. The van der Waals surface area contributed by atoms with Crippen LogP contribution in [0, 0.1) is 0 Å². The van der Waals surface area contributed by atoms with Crippen LogP contribution in [0.4, 0.5) is 0 Å². The molecular weight excluding hydrogens is 588 g/mol. The molecule has 0 unspecified atom stereocenters. The minimum atomic E-state index is -0.685. The molecule has 1 aliphatic rings. The molecule has 0 N–H and O–H groups in total. The van der Waals surface area contributed by atoms with Gasteiger partial charge in [0.2, 0.25) is 0 Å². The summed E-state index contributed by atoms with van der Waals surface area (Å²) in [6, 6.07) is 20.9. The molecule has 3 aromatic carbocycles. The average Bonchev–Trinajstić information content (AvgIpc) is 3.34. The average molecular weight is 617 g/mol. The van der Waals surface area contributed by atoms with Crippen LogP contribution in [0.2, 0.25) is 5.02 Å². The van der Waals surface area contributed by atoms with E-state index in [4.69, 9.17) is 30.8 Å². The summed E-state index contributed by atoms with van der Waals surface area (Å²) < 4.78 is 18.2. The first-order valence-electron chi connectivity index (χ1n) is 13.7. The number of rotatable bonds is 9. The maximum atomic E-state index is 14.0. The molecule has 0 radical (unpaired) electrons. The standard InChI is InChI=1S/C33H29ClN2O6S/c1-4-25-28(32(39)40-3)29(21-9-7-6-8-10-21)36-30(37)27(43-33(36)35-25)18-23-17-24(34)15-16-26(23)42-19-20-11-13-22(14-12-20)31(38)41-5-2/h6-18,29H,4-5,19H2,1-3H3/b27-18+/t29-/m0/s1. The Labute approximate surface area is 257 Å². The Kier molecular flexibility index (Phi) is 9.23. The van der Waals surface area contributed by atoms with E-state index in [-0.39, 0.29) is 18.1 Å². The SMILES string of the molecule is CCOC(=O)c1ccc(COc2ccc(Cl)cc2/C=c2/sc3n(c2=O)[C@@H](c2ccccc2)C(C(=O)OC)=C(CC)N=3)cc1. The first-order valence-corrected chi connectivity index (χ1v) is 14.9. The fraction of sp³-hybridized carbons (Fsp3) is 0.212. The number of hydrogen-bond donors (Lipinski definition) is 0. The van der Waals surface area contributed by atoms with Crippen LogP contribution in [0.1, 0.15) is 53.4 Å².